The highest BCUT2D eigenvalue weighted by Crippen LogP contribution is 2.20. The molecular weight excluding hydrogens is 236 g/mol. The minimum Gasteiger partial charge on any atom is -0.480 e. The highest BCUT2D eigenvalue weighted by Gasteiger charge is 2.43. The van der Waals surface area contributed by atoms with Gasteiger partial charge < -0.3 is 20.5 Å². The molecule has 18 heavy (non-hydrogen) atoms. The Bertz CT molecular complexity index is 462. The molecule has 1 saturated heterocycles. The van der Waals surface area contributed by atoms with Gasteiger partial charge in [0.2, 0.25) is 0 Å². The van der Waals surface area contributed by atoms with E-state index in [1.807, 2.05) is 6.07 Å². The van der Waals surface area contributed by atoms with Crippen LogP contribution >= 0.6 is 0 Å². The third-order valence-corrected chi connectivity index (χ3v) is 2.93. The summed E-state index contributed by atoms with van der Waals surface area (Å²) in [6.45, 7) is 0.252. The average Bonchev–Trinajstić information content (AvgIpc) is 2.75. The van der Waals surface area contributed by atoms with Crippen LogP contribution in [0.1, 0.15) is 6.42 Å². The lowest BCUT2D eigenvalue weighted by molar-refractivity contribution is -0.142. The highest BCUT2D eigenvalue weighted by atomic mass is 16.6. The molecule has 1 amide bonds. The van der Waals surface area contributed by atoms with Gasteiger partial charge in [0.05, 0.1) is 6.54 Å². The molecule has 6 nitrogen and oxygen atoms in total. The molecule has 1 aromatic rings. The number of benzene rings is 1. The molecule has 1 aromatic carbocycles. The van der Waals surface area contributed by atoms with Gasteiger partial charge in [-0.3, -0.25) is 4.79 Å². The van der Waals surface area contributed by atoms with E-state index in [-0.39, 0.29) is 19.5 Å². The van der Waals surface area contributed by atoms with Crippen molar-refractivity contribution in [2.24, 2.45) is 5.73 Å². The molecular formula is C12H14N2O4. The molecule has 0 bridgehead atoms. The summed E-state index contributed by atoms with van der Waals surface area (Å²) in [4.78, 5) is 24.0. The first-order valence-corrected chi connectivity index (χ1v) is 5.55. The Labute approximate surface area is 104 Å². The Morgan fingerprint density at radius 2 is 2.00 bits per heavy atom. The Kier molecular flexibility index (Phi) is 3.20. The van der Waals surface area contributed by atoms with Crippen LogP contribution in [0.5, 0.6) is 5.75 Å². The number of carboxylic acid groups (broad SMARTS) is 1. The number of carboxylic acids is 1. The van der Waals surface area contributed by atoms with E-state index in [9.17, 15) is 9.59 Å². The normalized spacial score (nSPS) is 22.8. The number of hydrogen-bond acceptors (Lipinski definition) is 4. The summed E-state index contributed by atoms with van der Waals surface area (Å²) in [5.41, 5.74) is 4.31. The number of nitrogens with two attached hydrogens (primary N) is 1. The number of para-hydroxylation sites is 1. The van der Waals surface area contributed by atoms with Gasteiger partial charge in [0, 0.05) is 6.54 Å². The third kappa shape index (κ3) is 2.43. The zero-order chi connectivity index (χ0) is 13.2. The standard InChI is InChI=1S/C12H14N2O4/c13-12(10(15)16)6-7-14(8-12)11(17)18-9-4-2-1-3-5-9/h1-5H,6-8,13H2,(H,15,16). The smallest absolute Gasteiger partial charge is 0.415 e. The molecule has 0 spiro atoms. The molecule has 96 valence electrons. The van der Waals surface area contributed by atoms with Crippen molar-refractivity contribution in [3.8, 4) is 5.75 Å². The van der Waals surface area contributed by atoms with Crippen LogP contribution in [0.4, 0.5) is 4.79 Å². The first kappa shape index (κ1) is 12.4. The Hall–Kier alpha value is -2.08. The second kappa shape index (κ2) is 4.66. The second-order valence-electron chi connectivity index (χ2n) is 4.31. The molecule has 2 rings (SSSR count). The summed E-state index contributed by atoms with van der Waals surface area (Å²) >= 11 is 0. The second-order valence-corrected chi connectivity index (χ2v) is 4.31. The molecule has 0 saturated carbocycles. The first-order chi connectivity index (χ1) is 8.51. The fourth-order valence-corrected chi connectivity index (χ4v) is 1.82. The maximum Gasteiger partial charge on any atom is 0.415 e. The van der Waals surface area contributed by atoms with Crippen molar-refractivity contribution in [1.29, 1.82) is 0 Å². The van der Waals surface area contributed by atoms with Crippen LogP contribution in [0.25, 0.3) is 0 Å². The number of likely N-dealkylation sites (tertiary alicyclic amines) is 1. The quantitative estimate of drug-likeness (QED) is 0.804. The van der Waals surface area contributed by atoms with Crippen LogP contribution in [-0.4, -0.2) is 40.7 Å². The van der Waals surface area contributed by atoms with Gasteiger partial charge in [-0.25, -0.2) is 4.79 Å². The summed E-state index contributed by atoms with van der Waals surface area (Å²) in [5, 5.41) is 8.96. The van der Waals surface area contributed by atoms with Gasteiger partial charge >= 0.3 is 12.1 Å². The molecule has 1 aliphatic heterocycles. The fraction of sp³-hybridized carbons (Fsp3) is 0.333. The van der Waals surface area contributed by atoms with Crippen molar-refractivity contribution in [2.45, 2.75) is 12.0 Å². The van der Waals surface area contributed by atoms with E-state index in [0.717, 1.165) is 0 Å². The minimum absolute atomic E-state index is 0.0337. The van der Waals surface area contributed by atoms with E-state index < -0.39 is 17.6 Å². The fourth-order valence-electron chi connectivity index (χ4n) is 1.82. The van der Waals surface area contributed by atoms with Crippen molar-refractivity contribution in [3.63, 3.8) is 0 Å². The highest BCUT2D eigenvalue weighted by molar-refractivity contribution is 5.81. The topological polar surface area (TPSA) is 92.9 Å². The summed E-state index contributed by atoms with van der Waals surface area (Å²) in [7, 11) is 0. The van der Waals surface area contributed by atoms with Crippen LogP contribution < -0.4 is 10.5 Å². The van der Waals surface area contributed by atoms with Gasteiger partial charge in [-0.1, -0.05) is 18.2 Å². The Morgan fingerprint density at radius 1 is 1.33 bits per heavy atom. The summed E-state index contributed by atoms with van der Waals surface area (Å²) in [6.07, 6.45) is -0.346. The molecule has 1 aliphatic rings. The molecule has 0 aromatic heterocycles. The van der Waals surface area contributed by atoms with Gasteiger partial charge in [-0.05, 0) is 18.6 Å². The van der Waals surface area contributed by atoms with Crippen molar-refractivity contribution < 1.29 is 19.4 Å². The largest absolute Gasteiger partial charge is 0.480 e. The van der Waals surface area contributed by atoms with Gasteiger partial charge in [0.25, 0.3) is 0 Å². The van der Waals surface area contributed by atoms with Gasteiger partial charge in [-0.15, -0.1) is 0 Å². The molecule has 1 unspecified atom stereocenters. The van der Waals surface area contributed by atoms with E-state index >= 15 is 0 Å². The molecule has 1 heterocycles. The number of carbonyl (C=O) groups excluding carboxylic acids is 1. The molecule has 3 N–H and O–H groups in total. The summed E-state index contributed by atoms with van der Waals surface area (Å²) in [6, 6.07) is 8.61. The zero-order valence-corrected chi connectivity index (χ0v) is 9.70. The Morgan fingerprint density at radius 3 is 2.56 bits per heavy atom. The van der Waals surface area contributed by atoms with Crippen molar-refractivity contribution in [1.82, 2.24) is 4.90 Å². The molecule has 1 fully saturated rings. The predicted molar refractivity (Wildman–Crippen MR) is 63.2 cm³/mol. The lowest BCUT2D eigenvalue weighted by Crippen LogP contribution is -2.50. The van der Waals surface area contributed by atoms with Gasteiger partial charge in [-0.2, -0.15) is 0 Å². The van der Waals surface area contributed by atoms with E-state index in [0.29, 0.717) is 5.75 Å². The molecule has 6 heteroatoms. The minimum atomic E-state index is -1.37. The van der Waals surface area contributed by atoms with Crippen molar-refractivity contribution in [3.05, 3.63) is 30.3 Å². The lowest BCUT2D eigenvalue weighted by atomic mass is 10.0. The number of hydrogen-bond donors (Lipinski definition) is 2. The predicted octanol–water partition coefficient (Wildman–Crippen LogP) is 0.673. The van der Waals surface area contributed by atoms with Gasteiger partial charge in [0.15, 0.2) is 0 Å². The molecule has 0 radical (unpaired) electrons. The van der Waals surface area contributed by atoms with Crippen molar-refractivity contribution in [2.75, 3.05) is 13.1 Å². The average molecular weight is 250 g/mol. The van der Waals surface area contributed by atoms with E-state index in [1.54, 1.807) is 24.3 Å². The number of aliphatic carboxylic acids is 1. The van der Waals surface area contributed by atoms with Crippen LogP contribution in [0.3, 0.4) is 0 Å². The van der Waals surface area contributed by atoms with Crippen LogP contribution in [0.15, 0.2) is 30.3 Å². The number of carbonyl (C=O) groups is 2. The maximum atomic E-state index is 11.8. The monoisotopic (exact) mass is 250 g/mol. The summed E-state index contributed by atoms with van der Waals surface area (Å²) < 4.78 is 5.11. The number of rotatable bonds is 2. The van der Waals surface area contributed by atoms with E-state index in [4.69, 9.17) is 15.6 Å². The van der Waals surface area contributed by atoms with Crippen LogP contribution in [-0.2, 0) is 4.79 Å². The lowest BCUT2D eigenvalue weighted by Gasteiger charge is -2.19. The molecule has 1 atom stereocenters. The Balaban J connectivity index is 1.98. The number of ether oxygens (including phenoxy) is 1. The van der Waals surface area contributed by atoms with Crippen molar-refractivity contribution >= 4 is 12.1 Å². The van der Waals surface area contributed by atoms with E-state index in [2.05, 4.69) is 0 Å². The van der Waals surface area contributed by atoms with Gasteiger partial charge in [0.1, 0.15) is 11.3 Å². The number of amides is 1. The number of nitrogens with zero attached hydrogens (tertiary/aromatic N) is 1. The summed E-state index contributed by atoms with van der Waals surface area (Å²) in [5.74, 6) is -0.676. The zero-order valence-electron chi connectivity index (χ0n) is 9.70. The van der Waals surface area contributed by atoms with Crippen LogP contribution in [0, 0.1) is 0 Å². The SMILES string of the molecule is NC1(C(=O)O)CCN(C(=O)Oc2ccccc2)C1. The first-order valence-electron chi connectivity index (χ1n) is 5.55. The third-order valence-electron chi connectivity index (χ3n) is 2.93. The maximum absolute atomic E-state index is 11.8. The van der Waals surface area contributed by atoms with E-state index in [1.165, 1.54) is 4.90 Å². The van der Waals surface area contributed by atoms with Crippen LogP contribution in [0.2, 0.25) is 0 Å². The molecule has 0 aliphatic carbocycles.